The number of aryl methyl sites for hydroxylation is 2. The zero-order valence-electron chi connectivity index (χ0n) is 14.8. The van der Waals surface area contributed by atoms with Crippen molar-refractivity contribution >= 4 is 16.9 Å². The third-order valence-corrected chi connectivity index (χ3v) is 5.37. The molecule has 27 heavy (non-hydrogen) atoms. The SMILES string of the molecule is O=C(c1cnc2ccccc2n1)N1CC(Cn2nc3c(cc2=O)CCC3)C1. The minimum atomic E-state index is -0.112. The molecule has 3 aromatic rings. The van der Waals surface area contributed by atoms with Gasteiger partial charge in [-0.2, -0.15) is 5.10 Å². The molecule has 0 saturated carbocycles. The Balaban J connectivity index is 1.26. The van der Waals surface area contributed by atoms with Gasteiger partial charge in [0.25, 0.3) is 11.5 Å². The van der Waals surface area contributed by atoms with Crippen LogP contribution in [-0.4, -0.2) is 43.6 Å². The summed E-state index contributed by atoms with van der Waals surface area (Å²) in [5, 5.41) is 4.52. The molecule has 0 spiro atoms. The van der Waals surface area contributed by atoms with Crippen LogP contribution >= 0.6 is 0 Å². The van der Waals surface area contributed by atoms with E-state index >= 15 is 0 Å². The molecule has 1 aromatic carbocycles. The molecule has 1 fully saturated rings. The molecule has 0 bridgehead atoms. The van der Waals surface area contributed by atoms with Gasteiger partial charge < -0.3 is 4.90 Å². The lowest BCUT2D eigenvalue weighted by atomic mass is 9.99. The molecule has 2 aromatic heterocycles. The maximum atomic E-state index is 12.6. The number of benzene rings is 1. The summed E-state index contributed by atoms with van der Waals surface area (Å²) < 4.78 is 1.56. The number of para-hydroxylation sites is 2. The van der Waals surface area contributed by atoms with Crippen molar-refractivity contribution < 1.29 is 4.79 Å². The molecule has 1 aliphatic heterocycles. The normalized spacial score (nSPS) is 16.4. The Bertz CT molecular complexity index is 1100. The highest BCUT2D eigenvalue weighted by molar-refractivity contribution is 5.94. The van der Waals surface area contributed by atoms with Gasteiger partial charge >= 0.3 is 0 Å². The molecule has 7 nitrogen and oxygen atoms in total. The number of amides is 1. The first-order valence-corrected chi connectivity index (χ1v) is 9.28. The van der Waals surface area contributed by atoms with E-state index < -0.39 is 0 Å². The Morgan fingerprint density at radius 3 is 2.81 bits per heavy atom. The Morgan fingerprint density at radius 1 is 1.15 bits per heavy atom. The van der Waals surface area contributed by atoms with Crippen LogP contribution in [0, 0.1) is 5.92 Å². The smallest absolute Gasteiger partial charge is 0.274 e. The van der Waals surface area contributed by atoms with E-state index in [1.165, 1.54) is 6.20 Å². The molecule has 0 unspecified atom stereocenters. The Morgan fingerprint density at radius 2 is 1.96 bits per heavy atom. The predicted molar refractivity (Wildman–Crippen MR) is 99.5 cm³/mol. The highest BCUT2D eigenvalue weighted by Gasteiger charge is 2.33. The fourth-order valence-corrected chi connectivity index (χ4v) is 3.89. The molecule has 1 aliphatic carbocycles. The van der Waals surface area contributed by atoms with Crippen LogP contribution in [0.2, 0.25) is 0 Å². The lowest BCUT2D eigenvalue weighted by molar-refractivity contribution is 0.0452. The summed E-state index contributed by atoms with van der Waals surface area (Å²) in [7, 11) is 0. The van der Waals surface area contributed by atoms with Crippen molar-refractivity contribution in [2.75, 3.05) is 13.1 Å². The quantitative estimate of drug-likeness (QED) is 0.705. The van der Waals surface area contributed by atoms with Crippen LogP contribution < -0.4 is 5.56 Å². The molecule has 2 aliphatic rings. The second-order valence-electron chi connectivity index (χ2n) is 7.31. The van der Waals surface area contributed by atoms with Crippen LogP contribution in [0.1, 0.15) is 28.2 Å². The summed E-state index contributed by atoms with van der Waals surface area (Å²) >= 11 is 0. The van der Waals surface area contributed by atoms with Gasteiger partial charge in [-0.3, -0.25) is 14.6 Å². The average Bonchev–Trinajstić information content (AvgIpc) is 3.10. The van der Waals surface area contributed by atoms with Gasteiger partial charge in [0.1, 0.15) is 5.69 Å². The molecule has 5 rings (SSSR count). The van der Waals surface area contributed by atoms with Crippen LogP contribution in [0.5, 0.6) is 0 Å². The predicted octanol–water partition coefficient (Wildman–Crippen LogP) is 1.45. The molecule has 136 valence electrons. The molecular weight excluding hydrogens is 342 g/mol. The van der Waals surface area contributed by atoms with E-state index in [4.69, 9.17) is 0 Å². The number of aromatic nitrogens is 4. The zero-order chi connectivity index (χ0) is 18.4. The number of hydrogen-bond acceptors (Lipinski definition) is 5. The number of carbonyl (C=O) groups excluding carboxylic acids is 1. The Labute approximate surface area is 155 Å². The van der Waals surface area contributed by atoms with Crippen molar-refractivity contribution in [3.05, 3.63) is 63.8 Å². The molecule has 0 N–H and O–H groups in total. The maximum absolute atomic E-state index is 12.6. The number of fused-ring (bicyclic) bond motifs is 2. The monoisotopic (exact) mass is 361 g/mol. The van der Waals surface area contributed by atoms with E-state index in [1.54, 1.807) is 15.6 Å². The van der Waals surface area contributed by atoms with Crippen molar-refractivity contribution in [2.45, 2.75) is 25.8 Å². The van der Waals surface area contributed by atoms with E-state index in [0.29, 0.717) is 30.8 Å². The fourth-order valence-electron chi connectivity index (χ4n) is 3.89. The first-order valence-electron chi connectivity index (χ1n) is 9.28. The number of hydrogen-bond donors (Lipinski definition) is 0. The third kappa shape index (κ3) is 2.89. The van der Waals surface area contributed by atoms with Crippen LogP contribution in [0.4, 0.5) is 0 Å². The minimum absolute atomic E-state index is 0.0409. The summed E-state index contributed by atoms with van der Waals surface area (Å²) in [6.45, 7) is 1.77. The van der Waals surface area contributed by atoms with Gasteiger partial charge in [0.15, 0.2) is 0 Å². The maximum Gasteiger partial charge on any atom is 0.274 e. The Hall–Kier alpha value is -3.09. The number of likely N-dealkylation sites (tertiary alicyclic amines) is 1. The highest BCUT2D eigenvalue weighted by atomic mass is 16.2. The van der Waals surface area contributed by atoms with Gasteiger partial charge in [-0.15, -0.1) is 0 Å². The van der Waals surface area contributed by atoms with Crippen LogP contribution in [0.25, 0.3) is 11.0 Å². The summed E-state index contributed by atoms with van der Waals surface area (Å²) in [5.41, 5.74) is 3.96. The van der Waals surface area contributed by atoms with Crippen molar-refractivity contribution in [2.24, 2.45) is 5.92 Å². The minimum Gasteiger partial charge on any atom is -0.336 e. The number of rotatable bonds is 3. The van der Waals surface area contributed by atoms with Crippen molar-refractivity contribution in [1.82, 2.24) is 24.6 Å². The van der Waals surface area contributed by atoms with E-state index in [0.717, 1.165) is 36.0 Å². The van der Waals surface area contributed by atoms with Crippen LogP contribution in [0.15, 0.2) is 41.3 Å². The van der Waals surface area contributed by atoms with Gasteiger partial charge in [-0.1, -0.05) is 12.1 Å². The lowest BCUT2D eigenvalue weighted by Gasteiger charge is -2.39. The topological polar surface area (TPSA) is 81.0 Å². The summed E-state index contributed by atoms with van der Waals surface area (Å²) in [4.78, 5) is 35.3. The third-order valence-electron chi connectivity index (χ3n) is 5.37. The largest absolute Gasteiger partial charge is 0.336 e. The summed E-state index contributed by atoms with van der Waals surface area (Å²) in [5.74, 6) is 0.130. The van der Waals surface area contributed by atoms with Crippen molar-refractivity contribution in [1.29, 1.82) is 0 Å². The molecule has 1 amide bonds. The molecule has 1 saturated heterocycles. The van der Waals surface area contributed by atoms with Gasteiger partial charge in [-0.05, 0) is 37.0 Å². The highest BCUT2D eigenvalue weighted by Crippen LogP contribution is 2.21. The van der Waals surface area contributed by atoms with Crippen LogP contribution in [0.3, 0.4) is 0 Å². The molecule has 3 heterocycles. The van der Waals surface area contributed by atoms with E-state index in [-0.39, 0.29) is 17.4 Å². The average molecular weight is 361 g/mol. The second kappa shape index (κ2) is 6.26. The Kier molecular flexibility index (Phi) is 3.74. The second-order valence-corrected chi connectivity index (χ2v) is 7.31. The van der Waals surface area contributed by atoms with Crippen LogP contribution in [-0.2, 0) is 19.4 Å². The summed E-state index contributed by atoms with van der Waals surface area (Å²) in [6, 6.07) is 9.23. The van der Waals surface area contributed by atoms with E-state index in [2.05, 4.69) is 15.1 Å². The van der Waals surface area contributed by atoms with Crippen molar-refractivity contribution in [3.63, 3.8) is 0 Å². The van der Waals surface area contributed by atoms with Gasteiger partial charge in [0, 0.05) is 25.1 Å². The first kappa shape index (κ1) is 16.1. The molecule has 0 radical (unpaired) electrons. The van der Waals surface area contributed by atoms with E-state index in [9.17, 15) is 9.59 Å². The standard InChI is InChI=1S/C20H19N5O2/c26-19-8-14-4-3-7-15(14)23-25(19)12-13-10-24(11-13)20(27)18-9-21-16-5-1-2-6-17(16)22-18/h1-2,5-6,8-9,13H,3-4,7,10-12H2. The van der Waals surface area contributed by atoms with Gasteiger partial charge in [-0.25, -0.2) is 9.67 Å². The summed E-state index contributed by atoms with van der Waals surface area (Å²) in [6.07, 6.45) is 4.51. The fraction of sp³-hybridized carbons (Fsp3) is 0.350. The lowest BCUT2D eigenvalue weighted by Crippen LogP contribution is -2.52. The zero-order valence-corrected chi connectivity index (χ0v) is 14.8. The van der Waals surface area contributed by atoms with Gasteiger partial charge in [0.05, 0.1) is 29.5 Å². The number of carbonyl (C=O) groups is 1. The van der Waals surface area contributed by atoms with E-state index in [1.807, 2.05) is 24.3 Å². The molecule has 0 atom stereocenters. The first-order chi connectivity index (χ1) is 13.2. The van der Waals surface area contributed by atoms with Gasteiger partial charge in [0.2, 0.25) is 0 Å². The molecule has 7 heteroatoms. The molecular formula is C20H19N5O2. The number of nitrogens with zero attached hydrogens (tertiary/aromatic N) is 5. The van der Waals surface area contributed by atoms with Crippen molar-refractivity contribution in [3.8, 4) is 0 Å².